The molecule has 2 rings (SSSR count). The van der Waals surface area contributed by atoms with E-state index in [2.05, 4.69) is 17.2 Å². The summed E-state index contributed by atoms with van der Waals surface area (Å²) >= 11 is 0. The largest absolute Gasteiger partial charge is 0.397 e. The quantitative estimate of drug-likeness (QED) is 0.817. The summed E-state index contributed by atoms with van der Waals surface area (Å²) in [6, 6.07) is 1.66. The number of rotatable bonds is 5. The fourth-order valence-corrected chi connectivity index (χ4v) is 2.20. The molecule has 4 heteroatoms. The van der Waals surface area contributed by atoms with Crippen molar-refractivity contribution in [3.05, 3.63) is 24.0 Å². The third-order valence-corrected chi connectivity index (χ3v) is 3.46. The van der Waals surface area contributed by atoms with Gasteiger partial charge in [-0.2, -0.15) is 0 Å². The predicted molar refractivity (Wildman–Crippen MR) is 67.6 cm³/mol. The van der Waals surface area contributed by atoms with Crippen molar-refractivity contribution in [3.8, 4) is 0 Å². The molecule has 0 bridgehead atoms. The molecule has 1 saturated carbocycles. The van der Waals surface area contributed by atoms with Gasteiger partial charge >= 0.3 is 0 Å². The van der Waals surface area contributed by atoms with E-state index in [0.717, 1.165) is 6.54 Å². The third-order valence-electron chi connectivity index (χ3n) is 3.46. The first-order valence-electron chi connectivity index (χ1n) is 6.14. The van der Waals surface area contributed by atoms with E-state index in [1.807, 2.05) is 0 Å². The van der Waals surface area contributed by atoms with Gasteiger partial charge in [0.15, 0.2) is 0 Å². The molecule has 92 valence electrons. The highest BCUT2D eigenvalue weighted by Gasteiger charge is 2.41. The predicted octanol–water partition coefficient (Wildman–Crippen LogP) is 1.97. The minimum absolute atomic E-state index is 0.0905. The normalized spacial score (nSPS) is 16.5. The minimum Gasteiger partial charge on any atom is -0.397 e. The number of nitrogens with one attached hydrogen (secondary N) is 1. The summed E-state index contributed by atoms with van der Waals surface area (Å²) in [4.78, 5) is 15.8. The first-order chi connectivity index (χ1) is 8.17. The smallest absolute Gasteiger partial charge is 0.253 e. The number of anilines is 1. The third kappa shape index (κ3) is 2.75. The van der Waals surface area contributed by atoms with E-state index in [9.17, 15) is 4.79 Å². The van der Waals surface area contributed by atoms with Gasteiger partial charge in [0.05, 0.1) is 17.4 Å². The first kappa shape index (κ1) is 11.9. The fourth-order valence-electron chi connectivity index (χ4n) is 2.20. The molecule has 0 spiro atoms. The molecule has 1 fully saturated rings. The highest BCUT2D eigenvalue weighted by molar-refractivity contribution is 5.98. The number of amides is 1. The van der Waals surface area contributed by atoms with Gasteiger partial charge in [0, 0.05) is 12.7 Å². The van der Waals surface area contributed by atoms with Gasteiger partial charge in [-0.1, -0.05) is 13.3 Å². The van der Waals surface area contributed by atoms with Crippen molar-refractivity contribution in [2.24, 2.45) is 5.41 Å². The van der Waals surface area contributed by atoms with Crippen LogP contribution in [-0.2, 0) is 0 Å². The van der Waals surface area contributed by atoms with E-state index in [-0.39, 0.29) is 5.91 Å². The molecular weight excluding hydrogens is 214 g/mol. The van der Waals surface area contributed by atoms with Crippen molar-refractivity contribution in [3.63, 3.8) is 0 Å². The molecule has 0 radical (unpaired) electrons. The number of carbonyl (C=O) groups excluding carboxylic acids is 1. The summed E-state index contributed by atoms with van der Waals surface area (Å²) < 4.78 is 0. The van der Waals surface area contributed by atoms with Crippen LogP contribution in [0.3, 0.4) is 0 Å². The van der Waals surface area contributed by atoms with Crippen molar-refractivity contribution >= 4 is 11.6 Å². The first-order valence-corrected chi connectivity index (χ1v) is 6.14. The van der Waals surface area contributed by atoms with Gasteiger partial charge in [-0.3, -0.25) is 9.78 Å². The van der Waals surface area contributed by atoms with Gasteiger partial charge in [-0.05, 0) is 30.7 Å². The Morgan fingerprint density at radius 3 is 2.94 bits per heavy atom. The number of hydrogen-bond donors (Lipinski definition) is 2. The lowest BCUT2D eigenvalue weighted by Crippen LogP contribution is -2.30. The number of nitrogen functional groups attached to an aromatic ring is 1. The Labute approximate surface area is 102 Å². The summed E-state index contributed by atoms with van der Waals surface area (Å²) in [7, 11) is 0. The standard InChI is InChI=1S/C13H19N3O/c1-2-4-13(5-6-13)9-16-12(17)10-3-7-15-8-11(10)14/h3,7-8H,2,4-6,9,14H2,1H3,(H,16,17). The molecular formula is C13H19N3O. The Morgan fingerprint density at radius 1 is 1.59 bits per heavy atom. The second kappa shape index (κ2) is 4.73. The Morgan fingerprint density at radius 2 is 2.35 bits per heavy atom. The van der Waals surface area contributed by atoms with Crippen LogP contribution in [0.5, 0.6) is 0 Å². The van der Waals surface area contributed by atoms with Crippen LogP contribution in [0.1, 0.15) is 43.0 Å². The molecule has 0 saturated heterocycles. The highest BCUT2D eigenvalue weighted by Crippen LogP contribution is 2.48. The van der Waals surface area contributed by atoms with Crippen LogP contribution in [0.25, 0.3) is 0 Å². The van der Waals surface area contributed by atoms with Gasteiger partial charge in [0.25, 0.3) is 5.91 Å². The average Bonchev–Trinajstić information content (AvgIpc) is 3.08. The maximum absolute atomic E-state index is 11.9. The zero-order valence-corrected chi connectivity index (χ0v) is 10.2. The van der Waals surface area contributed by atoms with Gasteiger partial charge in [0.2, 0.25) is 0 Å². The molecule has 1 aliphatic carbocycles. The Balaban J connectivity index is 1.92. The molecule has 1 aliphatic rings. The number of nitrogens with zero attached hydrogens (tertiary/aromatic N) is 1. The Bertz CT molecular complexity index is 413. The van der Waals surface area contributed by atoms with Crippen LogP contribution in [0.15, 0.2) is 18.5 Å². The summed E-state index contributed by atoms with van der Waals surface area (Å²) in [5, 5.41) is 2.98. The number of hydrogen-bond acceptors (Lipinski definition) is 3. The van der Waals surface area contributed by atoms with E-state index in [0.29, 0.717) is 16.7 Å². The number of nitrogens with two attached hydrogens (primary N) is 1. The van der Waals surface area contributed by atoms with Gasteiger partial charge < -0.3 is 11.1 Å². The summed E-state index contributed by atoms with van der Waals surface area (Å²) in [6.45, 7) is 2.95. The number of carbonyl (C=O) groups is 1. The van der Waals surface area contributed by atoms with Gasteiger partial charge in [0.1, 0.15) is 0 Å². The van der Waals surface area contributed by atoms with E-state index < -0.39 is 0 Å². The maximum Gasteiger partial charge on any atom is 0.253 e. The zero-order chi connectivity index (χ0) is 12.3. The van der Waals surface area contributed by atoms with Crippen LogP contribution < -0.4 is 11.1 Å². The van der Waals surface area contributed by atoms with Crippen molar-refractivity contribution in [1.82, 2.24) is 10.3 Å². The van der Waals surface area contributed by atoms with Crippen LogP contribution in [-0.4, -0.2) is 17.4 Å². The SMILES string of the molecule is CCCC1(CNC(=O)c2ccncc2N)CC1. The topological polar surface area (TPSA) is 68.0 Å². The lowest BCUT2D eigenvalue weighted by Gasteiger charge is -2.15. The van der Waals surface area contributed by atoms with Crippen LogP contribution in [0, 0.1) is 5.41 Å². The van der Waals surface area contributed by atoms with Crippen LogP contribution in [0.2, 0.25) is 0 Å². The molecule has 1 aromatic rings. The van der Waals surface area contributed by atoms with Crippen molar-refractivity contribution in [1.29, 1.82) is 0 Å². The Hall–Kier alpha value is -1.58. The maximum atomic E-state index is 11.9. The highest BCUT2D eigenvalue weighted by atomic mass is 16.1. The molecule has 1 amide bonds. The van der Waals surface area contributed by atoms with Crippen molar-refractivity contribution in [2.45, 2.75) is 32.6 Å². The van der Waals surface area contributed by atoms with Crippen LogP contribution in [0.4, 0.5) is 5.69 Å². The second-order valence-corrected chi connectivity index (χ2v) is 4.90. The van der Waals surface area contributed by atoms with Gasteiger partial charge in [-0.15, -0.1) is 0 Å². The zero-order valence-electron chi connectivity index (χ0n) is 10.2. The van der Waals surface area contributed by atoms with Gasteiger partial charge in [-0.25, -0.2) is 0 Å². The number of aromatic nitrogens is 1. The Kier molecular flexibility index (Phi) is 3.31. The average molecular weight is 233 g/mol. The molecule has 4 nitrogen and oxygen atoms in total. The van der Waals surface area contributed by atoms with E-state index >= 15 is 0 Å². The second-order valence-electron chi connectivity index (χ2n) is 4.90. The minimum atomic E-state index is -0.0905. The summed E-state index contributed by atoms with van der Waals surface area (Å²) in [6.07, 6.45) is 7.92. The molecule has 0 aliphatic heterocycles. The summed E-state index contributed by atoms with van der Waals surface area (Å²) in [5.41, 5.74) is 7.04. The molecule has 17 heavy (non-hydrogen) atoms. The van der Waals surface area contributed by atoms with E-state index in [4.69, 9.17) is 5.73 Å². The number of pyridine rings is 1. The molecule has 0 unspecified atom stereocenters. The molecule has 1 heterocycles. The van der Waals surface area contributed by atoms with E-state index in [1.165, 1.54) is 31.9 Å². The molecule has 3 N–H and O–H groups in total. The lowest BCUT2D eigenvalue weighted by atomic mass is 10.0. The van der Waals surface area contributed by atoms with Crippen molar-refractivity contribution in [2.75, 3.05) is 12.3 Å². The molecule has 1 aromatic heterocycles. The van der Waals surface area contributed by atoms with Crippen molar-refractivity contribution < 1.29 is 4.79 Å². The monoisotopic (exact) mass is 233 g/mol. The van der Waals surface area contributed by atoms with E-state index in [1.54, 1.807) is 12.3 Å². The van der Waals surface area contributed by atoms with Crippen LogP contribution >= 0.6 is 0 Å². The fraction of sp³-hybridized carbons (Fsp3) is 0.538. The summed E-state index contributed by atoms with van der Waals surface area (Å²) in [5.74, 6) is -0.0905. The lowest BCUT2D eigenvalue weighted by molar-refractivity contribution is 0.0944. The molecule has 0 aromatic carbocycles. The molecule has 0 atom stereocenters.